The molecule has 146 valence electrons. The highest BCUT2D eigenvalue weighted by Gasteiger charge is 2.28. The van der Waals surface area contributed by atoms with E-state index in [-0.39, 0.29) is 24.0 Å². The van der Waals surface area contributed by atoms with Gasteiger partial charge in [0.05, 0.1) is 17.9 Å². The average molecular weight is 400 g/mol. The van der Waals surface area contributed by atoms with Crippen molar-refractivity contribution in [2.45, 2.75) is 32.9 Å². The number of H-pyrrole nitrogens is 1. The van der Waals surface area contributed by atoms with E-state index in [1.807, 2.05) is 6.92 Å². The lowest BCUT2D eigenvalue weighted by Crippen LogP contribution is -2.07. The number of aromatic amines is 1. The van der Waals surface area contributed by atoms with Crippen molar-refractivity contribution in [2.75, 3.05) is 17.7 Å². The van der Waals surface area contributed by atoms with E-state index in [0.29, 0.717) is 38.9 Å². The van der Waals surface area contributed by atoms with Crippen LogP contribution in [0.3, 0.4) is 0 Å². The standard InChI is InChI=1S/C19H20N4O4S/c1-5-27-18(26)15-9(3)14(10(4)24)13(21-15)7-11-12-8-20-19(28-6-2)23-16(12)22-17(11)25/h7-8,21H,5-6H2,1-4H3,(H,20,22,23,25). The Morgan fingerprint density at radius 1 is 1.32 bits per heavy atom. The smallest absolute Gasteiger partial charge is 0.355 e. The zero-order valence-corrected chi connectivity index (χ0v) is 16.8. The Balaban J connectivity index is 2.09. The molecule has 0 spiro atoms. The minimum absolute atomic E-state index is 0.198. The molecule has 0 atom stereocenters. The second kappa shape index (κ2) is 7.97. The van der Waals surface area contributed by atoms with E-state index in [1.54, 1.807) is 26.1 Å². The molecule has 28 heavy (non-hydrogen) atoms. The van der Waals surface area contributed by atoms with Gasteiger partial charge in [-0.2, -0.15) is 0 Å². The van der Waals surface area contributed by atoms with E-state index in [9.17, 15) is 14.4 Å². The maximum absolute atomic E-state index is 12.5. The van der Waals surface area contributed by atoms with Crippen molar-refractivity contribution in [3.8, 4) is 0 Å². The van der Waals surface area contributed by atoms with Crippen molar-refractivity contribution in [1.29, 1.82) is 0 Å². The third-order valence-corrected chi connectivity index (χ3v) is 4.95. The number of carbonyl (C=O) groups excluding carboxylic acids is 3. The number of nitrogens with one attached hydrogen (secondary N) is 2. The first-order chi connectivity index (χ1) is 13.4. The zero-order chi connectivity index (χ0) is 20.4. The fourth-order valence-electron chi connectivity index (χ4n) is 3.03. The van der Waals surface area contributed by atoms with E-state index < -0.39 is 5.97 Å². The summed E-state index contributed by atoms with van der Waals surface area (Å²) in [4.78, 5) is 48.3. The molecule has 0 bridgehead atoms. The van der Waals surface area contributed by atoms with Crippen molar-refractivity contribution >= 4 is 46.9 Å². The summed E-state index contributed by atoms with van der Waals surface area (Å²) in [5.41, 5.74) is 2.27. The predicted octanol–water partition coefficient (Wildman–Crippen LogP) is 3.10. The van der Waals surface area contributed by atoms with Gasteiger partial charge >= 0.3 is 5.97 Å². The summed E-state index contributed by atoms with van der Waals surface area (Å²) in [7, 11) is 0. The number of esters is 1. The predicted molar refractivity (Wildman–Crippen MR) is 106 cm³/mol. The Morgan fingerprint density at radius 3 is 2.71 bits per heavy atom. The molecule has 0 aromatic carbocycles. The fraction of sp³-hybridized carbons (Fsp3) is 0.316. The number of thioether (sulfide) groups is 1. The first-order valence-corrected chi connectivity index (χ1v) is 9.79. The third-order valence-electron chi connectivity index (χ3n) is 4.21. The van der Waals surface area contributed by atoms with Crippen LogP contribution in [0.1, 0.15) is 58.4 Å². The van der Waals surface area contributed by atoms with Gasteiger partial charge in [0.15, 0.2) is 10.9 Å². The molecule has 3 heterocycles. The van der Waals surface area contributed by atoms with Crippen LogP contribution in [0.2, 0.25) is 0 Å². The summed E-state index contributed by atoms with van der Waals surface area (Å²) in [6, 6.07) is 0. The highest BCUT2D eigenvalue weighted by atomic mass is 32.2. The van der Waals surface area contributed by atoms with Gasteiger partial charge in [0.2, 0.25) is 0 Å². The summed E-state index contributed by atoms with van der Waals surface area (Å²) in [5.74, 6) is 0.132. The fourth-order valence-corrected chi connectivity index (χ4v) is 3.57. The molecule has 0 saturated carbocycles. The van der Waals surface area contributed by atoms with Gasteiger partial charge in [0, 0.05) is 17.3 Å². The van der Waals surface area contributed by atoms with Crippen LogP contribution in [0.4, 0.5) is 5.82 Å². The molecule has 3 rings (SSSR count). The van der Waals surface area contributed by atoms with Crippen molar-refractivity contribution in [2.24, 2.45) is 0 Å². The Labute approximate surface area is 166 Å². The zero-order valence-electron chi connectivity index (χ0n) is 16.0. The van der Waals surface area contributed by atoms with Crippen molar-refractivity contribution in [3.63, 3.8) is 0 Å². The molecule has 0 unspecified atom stereocenters. The summed E-state index contributed by atoms with van der Waals surface area (Å²) in [6.45, 7) is 6.99. The number of fused-ring (bicyclic) bond motifs is 1. The van der Waals surface area contributed by atoms with Gasteiger partial charge < -0.3 is 15.0 Å². The highest BCUT2D eigenvalue weighted by Crippen LogP contribution is 2.33. The molecule has 1 amide bonds. The number of ketones is 1. The summed E-state index contributed by atoms with van der Waals surface area (Å²) in [6.07, 6.45) is 3.13. The molecule has 1 aliphatic rings. The average Bonchev–Trinajstić information content (AvgIpc) is 3.12. The molecule has 1 aliphatic heterocycles. The number of Topliss-reactive ketones (excluding diaryl/α,β-unsaturated/α-hetero) is 1. The largest absolute Gasteiger partial charge is 0.461 e. The number of carbonyl (C=O) groups is 3. The second-order valence-electron chi connectivity index (χ2n) is 6.05. The van der Waals surface area contributed by atoms with Crippen LogP contribution in [-0.4, -0.2) is 45.0 Å². The molecule has 2 N–H and O–H groups in total. The van der Waals surface area contributed by atoms with Gasteiger partial charge in [-0.05, 0) is 38.2 Å². The molecule has 0 aliphatic carbocycles. The highest BCUT2D eigenvalue weighted by molar-refractivity contribution is 7.99. The minimum Gasteiger partial charge on any atom is -0.461 e. The van der Waals surface area contributed by atoms with Gasteiger partial charge in [-0.25, -0.2) is 14.8 Å². The van der Waals surface area contributed by atoms with Gasteiger partial charge in [0.25, 0.3) is 5.91 Å². The number of anilines is 1. The molecular weight excluding hydrogens is 380 g/mol. The van der Waals surface area contributed by atoms with Crippen LogP contribution in [0, 0.1) is 6.92 Å². The van der Waals surface area contributed by atoms with Gasteiger partial charge in [-0.1, -0.05) is 18.7 Å². The Bertz CT molecular complexity index is 1010. The second-order valence-corrected chi connectivity index (χ2v) is 7.28. The van der Waals surface area contributed by atoms with E-state index in [2.05, 4.69) is 20.3 Å². The molecule has 0 radical (unpaired) electrons. The van der Waals surface area contributed by atoms with Crippen LogP contribution in [0.15, 0.2) is 11.4 Å². The number of nitrogens with zero attached hydrogens (tertiary/aromatic N) is 2. The number of hydrogen-bond donors (Lipinski definition) is 2. The maximum Gasteiger partial charge on any atom is 0.355 e. The Hall–Kier alpha value is -2.94. The number of aromatic nitrogens is 3. The maximum atomic E-state index is 12.5. The third kappa shape index (κ3) is 3.57. The van der Waals surface area contributed by atoms with Crippen LogP contribution < -0.4 is 5.32 Å². The monoisotopic (exact) mass is 400 g/mol. The lowest BCUT2D eigenvalue weighted by Gasteiger charge is -2.01. The number of hydrogen-bond acceptors (Lipinski definition) is 7. The van der Waals surface area contributed by atoms with E-state index in [1.165, 1.54) is 18.7 Å². The number of amides is 1. The van der Waals surface area contributed by atoms with E-state index in [0.717, 1.165) is 5.75 Å². The first-order valence-electron chi connectivity index (χ1n) is 8.81. The van der Waals surface area contributed by atoms with E-state index in [4.69, 9.17) is 4.74 Å². The normalized spacial score (nSPS) is 14.1. The van der Waals surface area contributed by atoms with Crippen molar-refractivity contribution in [1.82, 2.24) is 15.0 Å². The SMILES string of the molecule is CCOC(=O)c1[nH]c(C=C2C(=O)Nc3nc(SCC)ncc32)c(C(C)=O)c1C. The number of rotatable bonds is 6. The summed E-state index contributed by atoms with van der Waals surface area (Å²) in [5, 5.41) is 3.29. The van der Waals surface area contributed by atoms with Crippen LogP contribution in [-0.2, 0) is 9.53 Å². The molecule has 2 aromatic heterocycles. The quantitative estimate of drug-likeness (QED) is 0.252. The summed E-state index contributed by atoms with van der Waals surface area (Å²) < 4.78 is 5.04. The Kier molecular flexibility index (Phi) is 5.64. The van der Waals surface area contributed by atoms with Crippen molar-refractivity contribution < 1.29 is 19.1 Å². The van der Waals surface area contributed by atoms with Crippen LogP contribution >= 0.6 is 11.8 Å². The topological polar surface area (TPSA) is 114 Å². The van der Waals surface area contributed by atoms with Gasteiger partial charge in [-0.3, -0.25) is 9.59 Å². The Morgan fingerprint density at radius 2 is 2.07 bits per heavy atom. The molecule has 0 saturated heterocycles. The number of ether oxygens (including phenoxy) is 1. The lowest BCUT2D eigenvalue weighted by atomic mass is 10.0. The van der Waals surface area contributed by atoms with E-state index >= 15 is 0 Å². The lowest BCUT2D eigenvalue weighted by molar-refractivity contribution is -0.110. The summed E-state index contributed by atoms with van der Waals surface area (Å²) >= 11 is 1.47. The van der Waals surface area contributed by atoms with Crippen LogP contribution in [0.25, 0.3) is 11.6 Å². The van der Waals surface area contributed by atoms with Crippen molar-refractivity contribution in [3.05, 3.63) is 34.3 Å². The van der Waals surface area contributed by atoms with Gasteiger partial charge in [0.1, 0.15) is 11.5 Å². The molecule has 0 fully saturated rings. The molecule has 2 aromatic rings. The minimum atomic E-state index is -0.548. The van der Waals surface area contributed by atoms with Gasteiger partial charge in [-0.15, -0.1) is 0 Å². The molecular formula is C19H20N4O4S. The molecule has 8 nitrogen and oxygen atoms in total. The van der Waals surface area contributed by atoms with Crippen LogP contribution in [0.5, 0.6) is 0 Å². The first kappa shape index (κ1) is 19.8. The molecule has 9 heteroatoms.